The van der Waals surface area contributed by atoms with Gasteiger partial charge in [-0.3, -0.25) is 4.79 Å². The second-order valence-corrected chi connectivity index (χ2v) is 12.1. The van der Waals surface area contributed by atoms with Gasteiger partial charge in [0.2, 0.25) is 5.88 Å². The minimum atomic E-state index is -1.08. The largest absolute Gasteiger partial charge is 0.515 e. The Morgan fingerprint density at radius 1 is 0.805 bits per heavy atom. The summed E-state index contributed by atoms with van der Waals surface area (Å²) in [5, 5.41) is 0.268. The van der Waals surface area contributed by atoms with Gasteiger partial charge in [-0.1, -0.05) is 5.92 Å². The van der Waals surface area contributed by atoms with Gasteiger partial charge in [-0.15, -0.1) is 0 Å². The second-order valence-electron chi connectivity index (χ2n) is 12.1. The van der Waals surface area contributed by atoms with Crippen LogP contribution < -0.4 is 4.74 Å². The Kier molecular flexibility index (Phi) is 8.39. The number of halogens is 1. The molecule has 3 aromatic rings. The van der Waals surface area contributed by atoms with Gasteiger partial charge in [0, 0.05) is 23.7 Å². The van der Waals surface area contributed by atoms with Gasteiger partial charge in [-0.25, -0.2) is 27.9 Å². The molecule has 2 heterocycles. The predicted octanol–water partition coefficient (Wildman–Crippen LogP) is 6.70. The standard InChI is InChI=1S/C30H33FN2O8/c1-28(2,3)39-25(35)32-14-10-11-21(32)23(34)13-12-18-15-19-16-24(38-27(37)41-30(7,8)9)33(22(19)17-20(18)31)26(36)40-29(4,5)6/h10-11,14-17H,1-9H3. The molecule has 218 valence electrons. The van der Waals surface area contributed by atoms with E-state index in [-0.39, 0.29) is 28.0 Å². The van der Waals surface area contributed by atoms with E-state index in [4.69, 9.17) is 18.9 Å². The summed E-state index contributed by atoms with van der Waals surface area (Å²) in [5.74, 6) is 2.95. The van der Waals surface area contributed by atoms with Crippen LogP contribution in [0.15, 0.2) is 36.5 Å². The summed E-state index contributed by atoms with van der Waals surface area (Å²) in [6.07, 6.45) is -1.39. The molecule has 0 bridgehead atoms. The van der Waals surface area contributed by atoms with E-state index in [1.807, 2.05) is 0 Å². The molecule has 3 rings (SSSR count). The molecule has 0 amide bonds. The van der Waals surface area contributed by atoms with E-state index in [1.54, 1.807) is 62.3 Å². The first kappa shape index (κ1) is 30.9. The maximum absolute atomic E-state index is 15.2. The molecule has 0 spiro atoms. The van der Waals surface area contributed by atoms with Crippen molar-refractivity contribution in [3.8, 4) is 17.7 Å². The van der Waals surface area contributed by atoms with Crippen molar-refractivity contribution in [1.29, 1.82) is 0 Å². The molecule has 0 aliphatic heterocycles. The summed E-state index contributed by atoms with van der Waals surface area (Å²) >= 11 is 0. The van der Waals surface area contributed by atoms with E-state index in [1.165, 1.54) is 30.5 Å². The zero-order valence-corrected chi connectivity index (χ0v) is 24.5. The number of fused-ring (bicyclic) bond motifs is 1. The van der Waals surface area contributed by atoms with Gasteiger partial charge in [-0.05, 0) is 86.4 Å². The zero-order valence-electron chi connectivity index (χ0n) is 24.5. The van der Waals surface area contributed by atoms with Gasteiger partial charge in [0.1, 0.15) is 28.3 Å². The van der Waals surface area contributed by atoms with Crippen LogP contribution in [0.3, 0.4) is 0 Å². The minimum absolute atomic E-state index is 0.0333. The zero-order chi connectivity index (χ0) is 30.9. The number of ether oxygens (including phenoxy) is 4. The predicted molar refractivity (Wildman–Crippen MR) is 148 cm³/mol. The van der Waals surface area contributed by atoms with Crippen LogP contribution in [0.4, 0.5) is 18.8 Å². The normalized spacial score (nSPS) is 11.9. The molecular formula is C30H33FN2O8. The lowest BCUT2D eigenvalue weighted by Crippen LogP contribution is -2.29. The van der Waals surface area contributed by atoms with Gasteiger partial charge in [0.25, 0.3) is 5.78 Å². The fourth-order valence-corrected chi connectivity index (χ4v) is 3.45. The van der Waals surface area contributed by atoms with E-state index in [2.05, 4.69) is 11.8 Å². The highest BCUT2D eigenvalue weighted by atomic mass is 19.1. The Bertz CT molecular complexity index is 1580. The molecule has 0 saturated carbocycles. The summed E-state index contributed by atoms with van der Waals surface area (Å²) in [6, 6.07) is 6.50. The number of carbonyl (C=O) groups is 4. The van der Waals surface area contributed by atoms with Gasteiger partial charge in [-0.2, -0.15) is 0 Å². The van der Waals surface area contributed by atoms with Gasteiger partial charge in [0.05, 0.1) is 11.1 Å². The van der Waals surface area contributed by atoms with Crippen LogP contribution in [0.2, 0.25) is 0 Å². The maximum Gasteiger partial charge on any atom is 0.515 e. The molecule has 0 fully saturated rings. The molecule has 0 atom stereocenters. The third-order valence-corrected chi connectivity index (χ3v) is 4.89. The number of hydrogen-bond acceptors (Lipinski definition) is 8. The molecule has 0 N–H and O–H groups in total. The highest BCUT2D eigenvalue weighted by Gasteiger charge is 2.27. The van der Waals surface area contributed by atoms with Gasteiger partial charge >= 0.3 is 18.3 Å². The third-order valence-electron chi connectivity index (χ3n) is 4.89. The maximum atomic E-state index is 15.2. The Labute approximate surface area is 237 Å². The van der Waals surface area contributed by atoms with Crippen molar-refractivity contribution in [3.63, 3.8) is 0 Å². The average Bonchev–Trinajstić information content (AvgIpc) is 3.38. The topological polar surface area (TPSA) is 115 Å². The molecule has 0 aliphatic rings. The summed E-state index contributed by atoms with van der Waals surface area (Å²) in [4.78, 5) is 50.6. The third kappa shape index (κ3) is 8.20. The quantitative estimate of drug-likeness (QED) is 0.145. The lowest BCUT2D eigenvalue weighted by atomic mass is 10.1. The monoisotopic (exact) mass is 568 g/mol. The van der Waals surface area contributed by atoms with Crippen molar-refractivity contribution in [2.45, 2.75) is 79.1 Å². The number of rotatable bonds is 2. The molecule has 10 nitrogen and oxygen atoms in total. The summed E-state index contributed by atoms with van der Waals surface area (Å²) in [7, 11) is 0. The van der Waals surface area contributed by atoms with Gasteiger partial charge in [0.15, 0.2) is 0 Å². The highest BCUT2D eigenvalue weighted by Crippen LogP contribution is 2.30. The van der Waals surface area contributed by atoms with Crippen LogP contribution in [-0.2, 0) is 14.2 Å². The van der Waals surface area contributed by atoms with Crippen LogP contribution in [-0.4, -0.2) is 50.1 Å². The number of hydrogen-bond donors (Lipinski definition) is 0. The van der Waals surface area contributed by atoms with E-state index in [9.17, 15) is 19.2 Å². The van der Waals surface area contributed by atoms with Crippen molar-refractivity contribution >= 4 is 35.0 Å². The van der Waals surface area contributed by atoms with Crippen molar-refractivity contribution in [2.75, 3.05) is 0 Å². The van der Waals surface area contributed by atoms with E-state index in [0.717, 1.165) is 15.2 Å². The first-order valence-corrected chi connectivity index (χ1v) is 12.7. The van der Waals surface area contributed by atoms with Crippen LogP contribution in [0.1, 0.15) is 78.4 Å². The molecule has 2 aromatic heterocycles. The highest BCUT2D eigenvalue weighted by molar-refractivity contribution is 6.09. The Balaban J connectivity index is 2.01. The first-order valence-electron chi connectivity index (χ1n) is 12.7. The first-order chi connectivity index (χ1) is 18.7. The Morgan fingerprint density at radius 3 is 1.98 bits per heavy atom. The molecule has 0 unspecified atom stereocenters. The molecule has 41 heavy (non-hydrogen) atoms. The van der Waals surface area contributed by atoms with Crippen molar-refractivity contribution < 1.29 is 42.5 Å². The van der Waals surface area contributed by atoms with Crippen molar-refractivity contribution in [1.82, 2.24) is 9.13 Å². The number of aromatic nitrogens is 2. The Morgan fingerprint density at radius 2 is 1.39 bits per heavy atom. The summed E-state index contributed by atoms with van der Waals surface area (Å²) in [6.45, 7) is 14.9. The van der Waals surface area contributed by atoms with Gasteiger partial charge < -0.3 is 18.9 Å². The molecule has 0 saturated heterocycles. The molecule has 0 radical (unpaired) electrons. The fraction of sp³-hybridized carbons (Fsp3) is 0.400. The van der Waals surface area contributed by atoms with Crippen LogP contribution in [0.5, 0.6) is 5.88 Å². The molecular weight excluding hydrogens is 535 g/mol. The van der Waals surface area contributed by atoms with Crippen LogP contribution in [0, 0.1) is 17.7 Å². The lowest BCUT2D eigenvalue weighted by Gasteiger charge is -2.21. The molecule has 0 aliphatic carbocycles. The second kappa shape index (κ2) is 11.1. The smallest absolute Gasteiger partial charge is 0.443 e. The number of ketones is 1. The fourth-order valence-electron chi connectivity index (χ4n) is 3.45. The minimum Gasteiger partial charge on any atom is -0.443 e. The lowest BCUT2D eigenvalue weighted by molar-refractivity contribution is 0.0183. The molecule has 1 aromatic carbocycles. The van der Waals surface area contributed by atoms with E-state index in [0.29, 0.717) is 0 Å². The van der Waals surface area contributed by atoms with E-state index >= 15 is 4.39 Å². The van der Waals surface area contributed by atoms with Crippen LogP contribution in [0.25, 0.3) is 10.9 Å². The number of nitrogens with zero attached hydrogens (tertiary/aromatic N) is 2. The van der Waals surface area contributed by atoms with E-state index < -0.39 is 46.7 Å². The SMILES string of the molecule is CC(C)(C)OC(=O)Oc1cc2cc(C#CC(=O)c3cccn3C(=O)OC(C)(C)C)c(F)cc2n1C(=O)OC(C)(C)C. The Hall–Kier alpha value is -4.59. The average molecular weight is 569 g/mol. The number of Topliss-reactive ketones (excluding diaryl/α,β-unsaturated/α-hetero) is 1. The number of benzene rings is 1. The molecule has 11 heteroatoms. The summed E-state index contributed by atoms with van der Waals surface area (Å²) < 4.78 is 38.3. The number of carbonyl (C=O) groups excluding carboxylic acids is 4. The summed E-state index contributed by atoms with van der Waals surface area (Å²) in [5.41, 5.74) is -2.76. The van der Waals surface area contributed by atoms with Crippen molar-refractivity contribution in [2.24, 2.45) is 0 Å². The van der Waals surface area contributed by atoms with Crippen molar-refractivity contribution in [3.05, 3.63) is 53.6 Å². The van der Waals surface area contributed by atoms with Crippen LogP contribution >= 0.6 is 0 Å².